The molecule has 0 bridgehead atoms. The van der Waals surface area contributed by atoms with Crippen LogP contribution in [-0.2, 0) is 14.3 Å². The Hall–Kier alpha value is -3.35. The highest BCUT2D eigenvalue weighted by molar-refractivity contribution is 5.83. The van der Waals surface area contributed by atoms with Crippen LogP contribution in [0.5, 0.6) is 0 Å². The van der Waals surface area contributed by atoms with Crippen LogP contribution in [-0.4, -0.2) is 53.2 Å². The number of alkyl carbamates (subject to hydrolysis) is 1. The highest BCUT2D eigenvalue weighted by Crippen LogP contribution is 2.44. The van der Waals surface area contributed by atoms with Crippen molar-refractivity contribution >= 4 is 18.0 Å². The number of nitrogens with one attached hydrogen (secondary N) is 1. The first-order valence-electron chi connectivity index (χ1n) is 12.6. The molecular formula is C28H32N2O5. The summed E-state index contributed by atoms with van der Waals surface area (Å²) in [6, 6.07) is 15.8. The maximum atomic E-state index is 13.4. The number of amides is 2. The van der Waals surface area contributed by atoms with Crippen molar-refractivity contribution in [1.82, 2.24) is 10.2 Å². The quantitative estimate of drug-likeness (QED) is 0.667. The minimum Gasteiger partial charge on any atom is -0.481 e. The van der Waals surface area contributed by atoms with Gasteiger partial charge in [0.15, 0.2) is 0 Å². The summed E-state index contributed by atoms with van der Waals surface area (Å²) in [6.45, 7) is 2.62. The monoisotopic (exact) mass is 476 g/mol. The smallest absolute Gasteiger partial charge is 0.407 e. The van der Waals surface area contributed by atoms with Crippen LogP contribution in [0.3, 0.4) is 0 Å². The first kappa shape index (κ1) is 23.4. The van der Waals surface area contributed by atoms with E-state index in [-0.39, 0.29) is 36.4 Å². The molecule has 5 rings (SSSR count). The zero-order valence-electron chi connectivity index (χ0n) is 20.0. The molecule has 0 aromatic heterocycles. The first-order chi connectivity index (χ1) is 17.0. The van der Waals surface area contributed by atoms with Gasteiger partial charge in [0.1, 0.15) is 6.61 Å². The Morgan fingerprint density at radius 1 is 0.943 bits per heavy atom. The number of carbonyl (C=O) groups excluding carboxylic acids is 2. The van der Waals surface area contributed by atoms with Crippen molar-refractivity contribution in [3.63, 3.8) is 0 Å². The summed E-state index contributed by atoms with van der Waals surface area (Å²) in [5, 5.41) is 12.4. The van der Waals surface area contributed by atoms with E-state index in [1.54, 1.807) is 4.90 Å². The van der Waals surface area contributed by atoms with Crippen LogP contribution in [0.15, 0.2) is 48.5 Å². The number of piperidine rings is 1. The summed E-state index contributed by atoms with van der Waals surface area (Å²) in [7, 11) is 0. The standard InChI is InChI=1S/C28H32N2O5/c1-17-18(27(32)33)13-7-15-30(17)26(31)23-12-6-14-25(23)29-28(34)35-16-24-21-10-4-2-8-19(21)20-9-3-5-11-22(20)24/h2-5,8-11,17-18,23-25H,6-7,12-16H2,1H3,(H,29,34)(H,32,33)/t17-,18-,23-,25+/m0/s1. The van der Waals surface area contributed by atoms with Gasteiger partial charge in [0.2, 0.25) is 5.91 Å². The third-order valence-corrected chi connectivity index (χ3v) is 8.07. The van der Waals surface area contributed by atoms with E-state index in [0.29, 0.717) is 32.2 Å². The van der Waals surface area contributed by atoms with Crippen molar-refractivity contribution in [1.29, 1.82) is 0 Å². The average molecular weight is 477 g/mol. The molecule has 2 aromatic carbocycles. The Labute approximate surface area is 205 Å². The van der Waals surface area contributed by atoms with Gasteiger partial charge in [0.05, 0.1) is 11.8 Å². The fraction of sp³-hybridized carbons (Fsp3) is 0.464. The summed E-state index contributed by atoms with van der Waals surface area (Å²) >= 11 is 0. The molecule has 3 aliphatic rings. The van der Waals surface area contributed by atoms with Gasteiger partial charge in [0, 0.05) is 24.5 Å². The molecule has 1 heterocycles. The van der Waals surface area contributed by atoms with Gasteiger partial charge in [-0.1, -0.05) is 55.0 Å². The number of aliphatic carboxylic acids is 1. The summed E-state index contributed by atoms with van der Waals surface area (Å²) in [5.74, 6) is -1.80. The van der Waals surface area contributed by atoms with Gasteiger partial charge in [-0.2, -0.15) is 0 Å². The third-order valence-electron chi connectivity index (χ3n) is 8.07. The zero-order chi connectivity index (χ0) is 24.5. The Kier molecular flexibility index (Phi) is 6.50. The van der Waals surface area contributed by atoms with Crippen LogP contribution in [0.1, 0.15) is 56.1 Å². The van der Waals surface area contributed by atoms with E-state index >= 15 is 0 Å². The molecule has 2 N–H and O–H groups in total. The predicted octanol–water partition coefficient (Wildman–Crippen LogP) is 4.41. The molecule has 0 spiro atoms. The number of fused-ring (bicyclic) bond motifs is 3. The molecule has 35 heavy (non-hydrogen) atoms. The highest BCUT2D eigenvalue weighted by atomic mass is 16.5. The lowest BCUT2D eigenvalue weighted by Gasteiger charge is -2.39. The second kappa shape index (κ2) is 9.72. The average Bonchev–Trinajstić information content (AvgIpc) is 3.44. The molecule has 1 saturated heterocycles. The van der Waals surface area contributed by atoms with E-state index in [0.717, 1.165) is 17.5 Å². The number of carbonyl (C=O) groups is 3. The lowest BCUT2D eigenvalue weighted by Crippen LogP contribution is -2.53. The minimum absolute atomic E-state index is 0.0173. The van der Waals surface area contributed by atoms with Gasteiger partial charge in [-0.25, -0.2) is 4.79 Å². The number of ether oxygens (including phenoxy) is 1. The number of carboxylic acids is 1. The van der Waals surface area contributed by atoms with Crippen molar-refractivity contribution in [2.75, 3.05) is 13.2 Å². The van der Waals surface area contributed by atoms with Crippen LogP contribution in [0.2, 0.25) is 0 Å². The summed E-state index contributed by atoms with van der Waals surface area (Å²) in [5.41, 5.74) is 4.66. The van der Waals surface area contributed by atoms with Crippen molar-refractivity contribution in [3.8, 4) is 11.1 Å². The Balaban J connectivity index is 1.22. The van der Waals surface area contributed by atoms with Crippen molar-refractivity contribution in [2.45, 2.75) is 57.0 Å². The maximum absolute atomic E-state index is 13.4. The number of nitrogens with zero attached hydrogens (tertiary/aromatic N) is 1. The molecule has 1 aliphatic heterocycles. The fourth-order valence-corrected chi connectivity index (χ4v) is 6.22. The number of carboxylic acid groups (broad SMARTS) is 1. The van der Waals surface area contributed by atoms with Crippen molar-refractivity contribution in [3.05, 3.63) is 59.7 Å². The SMILES string of the molecule is C[C@H]1[C@@H](C(=O)O)CCCN1C(=O)[C@H]1CCC[C@H]1NC(=O)OCC1c2ccccc2-c2ccccc21. The van der Waals surface area contributed by atoms with Crippen LogP contribution in [0.4, 0.5) is 4.79 Å². The minimum atomic E-state index is -0.852. The second-order valence-electron chi connectivity index (χ2n) is 9.97. The van der Waals surface area contributed by atoms with Gasteiger partial charge in [-0.15, -0.1) is 0 Å². The zero-order valence-corrected chi connectivity index (χ0v) is 20.0. The third kappa shape index (κ3) is 4.40. The maximum Gasteiger partial charge on any atom is 0.407 e. The molecule has 7 heteroatoms. The van der Waals surface area contributed by atoms with E-state index < -0.39 is 18.0 Å². The van der Waals surface area contributed by atoms with E-state index in [9.17, 15) is 19.5 Å². The lowest BCUT2D eigenvalue weighted by molar-refractivity contribution is -0.150. The molecule has 1 saturated carbocycles. The molecule has 0 radical (unpaired) electrons. The van der Waals surface area contributed by atoms with Crippen LogP contribution < -0.4 is 5.32 Å². The number of likely N-dealkylation sites (tertiary alicyclic amines) is 1. The number of rotatable bonds is 5. The van der Waals surface area contributed by atoms with Crippen LogP contribution in [0.25, 0.3) is 11.1 Å². The van der Waals surface area contributed by atoms with E-state index in [4.69, 9.17) is 4.74 Å². The van der Waals surface area contributed by atoms with Gasteiger partial charge in [0.25, 0.3) is 0 Å². The van der Waals surface area contributed by atoms with E-state index in [1.165, 1.54) is 11.1 Å². The van der Waals surface area contributed by atoms with Gasteiger partial charge in [-0.3, -0.25) is 9.59 Å². The molecule has 2 fully saturated rings. The summed E-state index contributed by atoms with van der Waals surface area (Å²) in [6.07, 6.45) is 3.01. The predicted molar refractivity (Wildman–Crippen MR) is 131 cm³/mol. The van der Waals surface area contributed by atoms with Crippen molar-refractivity contribution < 1.29 is 24.2 Å². The molecule has 7 nitrogen and oxygen atoms in total. The Morgan fingerprint density at radius 2 is 1.57 bits per heavy atom. The fourth-order valence-electron chi connectivity index (χ4n) is 6.22. The van der Waals surface area contributed by atoms with Crippen LogP contribution >= 0.6 is 0 Å². The Bertz CT molecular complexity index is 1090. The lowest BCUT2D eigenvalue weighted by atomic mass is 9.88. The number of benzene rings is 2. The summed E-state index contributed by atoms with van der Waals surface area (Å²) < 4.78 is 5.69. The molecule has 0 unspecified atom stereocenters. The molecule has 4 atom stereocenters. The highest BCUT2D eigenvalue weighted by Gasteiger charge is 2.42. The van der Waals surface area contributed by atoms with Gasteiger partial charge < -0.3 is 20.1 Å². The van der Waals surface area contributed by atoms with E-state index in [2.05, 4.69) is 29.6 Å². The molecule has 2 amide bonds. The second-order valence-corrected chi connectivity index (χ2v) is 9.97. The molecule has 184 valence electrons. The van der Waals surface area contributed by atoms with E-state index in [1.807, 2.05) is 31.2 Å². The number of hydrogen-bond donors (Lipinski definition) is 2. The largest absolute Gasteiger partial charge is 0.481 e. The van der Waals surface area contributed by atoms with Gasteiger partial charge >= 0.3 is 12.1 Å². The Morgan fingerprint density at radius 3 is 2.23 bits per heavy atom. The van der Waals surface area contributed by atoms with Gasteiger partial charge in [-0.05, 0) is 54.9 Å². The van der Waals surface area contributed by atoms with Crippen LogP contribution in [0, 0.1) is 11.8 Å². The molecule has 2 aromatic rings. The molecule has 2 aliphatic carbocycles. The topological polar surface area (TPSA) is 95.9 Å². The first-order valence-corrected chi connectivity index (χ1v) is 12.6. The molecular weight excluding hydrogens is 444 g/mol. The summed E-state index contributed by atoms with van der Waals surface area (Å²) in [4.78, 5) is 39.4. The number of hydrogen-bond acceptors (Lipinski definition) is 4. The van der Waals surface area contributed by atoms with Crippen molar-refractivity contribution in [2.24, 2.45) is 11.8 Å². The normalized spacial score (nSPS) is 25.6.